The lowest BCUT2D eigenvalue weighted by molar-refractivity contribution is 0.00535. The van der Waals surface area contributed by atoms with Crippen LogP contribution in [0.15, 0.2) is 0 Å². The van der Waals surface area contributed by atoms with E-state index < -0.39 is 9.05 Å². The molecule has 4 nitrogen and oxygen atoms in total. The van der Waals surface area contributed by atoms with Gasteiger partial charge in [0.05, 0.1) is 0 Å². The van der Waals surface area contributed by atoms with E-state index in [0.29, 0.717) is 6.61 Å². The topological polar surface area (TPSA) is 36.9 Å². The van der Waals surface area contributed by atoms with E-state index in [1.165, 1.54) is 21.3 Å². The van der Waals surface area contributed by atoms with Gasteiger partial charge in [-0.15, -0.1) is 0 Å². The monoisotopic (exact) mass is 226 g/mol. The fourth-order valence-corrected chi connectivity index (χ4v) is 2.31. The summed E-state index contributed by atoms with van der Waals surface area (Å²) in [4.78, 5) is 0. The number of thiol groups is 1. The second-order valence-electron chi connectivity index (χ2n) is 2.39. The molecule has 80 valence electrons. The Balaban J connectivity index is 3.68. The smallest absolute Gasteiger partial charge is 0.355 e. The van der Waals surface area contributed by atoms with E-state index in [-0.39, 0.29) is 0 Å². The van der Waals surface area contributed by atoms with Gasteiger partial charge in [-0.25, -0.2) is 0 Å². The van der Waals surface area contributed by atoms with E-state index in [2.05, 4.69) is 12.6 Å². The Morgan fingerprint density at radius 3 is 1.92 bits per heavy atom. The van der Waals surface area contributed by atoms with Crippen molar-refractivity contribution >= 4 is 21.7 Å². The van der Waals surface area contributed by atoms with Gasteiger partial charge in [0.25, 0.3) is 0 Å². The largest absolute Gasteiger partial charge is 0.678 e. The molecule has 0 rings (SSSR count). The maximum Gasteiger partial charge on any atom is 0.678 e. The third kappa shape index (κ3) is 4.99. The van der Waals surface area contributed by atoms with Crippen LogP contribution in [0.4, 0.5) is 0 Å². The van der Waals surface area contributed by atoms with Crippen LogP contribution in [0.25, 0.3) is 0 Å². The van der Waals surface area contributed by atoms with Crippen LogP contribution in [-0.4, -0.2) is 42.7 Å². The molecule has 0 aliphatic rings. The normalized spacial score (nSPS) is 12.0. The van der Waals surface area contributed by atoms with Crippen LogP contribution in [0.1, 0.15) is 12.8 Å². The van der Waals surface area contributed by atoms with Gasteiger partial charge in [0.15, 0.2) is 0 Å². The highest BCUT2D eigenvalue weighted by Gasteiger charge is 2.41. The molecule has 0 fully saturated rings. The zero-order chi connectivity index (χ0) is 10.2. The SMILES string of the molecule is CO[Si](OC)(OC)OCCCCS. The van der Waals surface area contributed by atoms with Crippen LogP contribution >= 0.6 is 12.6 Å². The first-order valence-corrected chi connectivity index (χ1v) is 6.41. The minimum Gasteiger partial charge on any atom is -0.355 e. The fourth-order valence-electron chi connectivity index (χ4n) is 0.838. The zero-order valence-corrected chi connectivity index (χ0v) is 10.3. The first kappa shape index (κ1) is 13.4. The lowest BCUT2D eigenvalue weighted by Crippen LogP contribution is -2.46. The first-order valence-electron chi connectivity index (χ1n) is 4.15. The summed E-state index contributed by atoms with van der Waals surface area (Å²) in [5.41, 5.74) is 0. The molecule has 0 aromatic rings. The van der Waals surface area contributed by atoms with Crippen molar-refractivity contribution in [1.29, 1.82) is 0 Å². The predicted molar refractivity (Wildman–Crippen MR) is 55.8 cm³/mol. The first-order chi connectivity index (χ1) is 6.24. The number of unbranched alkanes of at least 4 members (excludes halogenated alkanes) is 1. The number of hydrogen-bond acceptors (Lipinski definition) is 5. The van der Waals surface area contributed by atoms with Gasteiger partial charge in [-0.3, -0.25) is 0 Å². The van der Waals surface area contributed by atoms with E-state index in [1.807, 2.05) is 0 Å². The van der Waals surface area contributed by atoms with E-state index in [9.17, 15) is 0 Å². The molecule has 0 radical (unpaired) electrons. The average Bonchev–Trinajstić information content (AvgIpc) is 2.20. The molecule has 0 heterocycles. The van der Waals surface area contributed by atoms with Gasteiger partial charge in [0.2, 0.25) is 0 Å². The summed E-state index contributed by atoms with van der Waals surface area (Å²) in [6.45, 7) is 0.586. The molecule has 0 saturated heterocycles. The van der Waals surface area contributed by atoms with Crippen molar-refractivity contribution in [2.24, 2.45) is 0 Å². The molecule has 0 unspecified atom stereocenters. The number of hydrogen-bond donors (Lipinski definition) is 1. The molecule has 0 aliphatic carbocycles. The second kappa shape index (κ2) is 7.78. The van der Waals surface area contributed by atoms with Crippen LogP contribution in [0.3, 0.4) is 0 Å². The van der Waals surface area contributed by atoms with Gasteiger partial charge >= 0.3 is 9.05 Å². The maximum atomic E-state index is 5.42. The molecular formula is C7H18O4SSi. The zero-order valence-electron chi connectivity index (χ0n) is 8.41. The van der Waals surface area contributed by atoms with Crippen LogP contribution in [0.5, 0.6) is 0 Å². The predicted octanol–water partition coefficient (Wildman–Crippen LogP) is 1.09. The lowest BCUT2D eigenvalue weighted by Gasteiger charge is -2.22. The highest BCUT2D eigenvalue weighted by atomic mass is 32.1. The molecule has 0 saturated carbocycles. The Kier molecular flexibility index (Phi) is 8.02. The highest BCUT2D eigenvalue weighted by molar-refractivity contribution is 7.80. The third-order valence-electron chi connectivity index (χ3n) is 1.58. The van der Waals surface area contributed by atoms with E-state index in [1.54, 1.807) is 0 Å². The molecule has 0 spiro atoms. The van der Waals surface area contributed by atoms with Crippen LogP contribution in [0.2, 0.25) is 0 Å². The highest BCUT2D eigenvalue weighted by Crippen LogP contribution is 2.08. The molecular weight excluding hydrogens is 208 g/mol. The Labute approximate surface area is 86.4 Å². The standard InChI is InChI=1S/C7H18O4SSi/c1-8-13(9-2,10-3)11-6-4-5-7-12/h12H,4-7H2,1-3H3. The Morgan fingerprint density at radius 2 is 1.54 bits per heavy atom. The summed E-state index contributed by atoms with van der Waals surface area (Å²) in [7, 11) is 1.78. The van der Waals surface area contributed by atoms with Crippen LogP contribution < -0.4 is 0 Å². The van der Waals surface area contributed by atoms with Crippen LogP contribution in [-0.2, 0) is 17.7 Å². The Bertz CT molecular complexity index is 113. The van der Waals surface area contributed by atoms with Crippen molar-refractivity contribution in [2.45, 2.75) is 12.8 Å². The van der Waals surface area contributed by atoms with Crippen molar-refractivity contribution in [1.82, 2.24) is 0 Å². The molecule has 0 amide bonds. The molecule has 6 heteroatoms. The molecule has 0 aromatic heterocycles. The Hall–Kier alpha value is 0.407. The van der Waals surface area contributed by atoms with E-state index >= 15 is 0 Å². The summed E-state index contributed by atoms with van der Waals surface area (Å²) in [6, 6.07) is 0. The van der Waals surface area contributed by atoms with Gasteiger partial charge in [-0.05, 0) is 18.6 Å². The van der Waals surface area contributed by atoms with Crippen molar-refractivity contribution < 1.29 is 17.7 Å². The summed E-state index contributed by atoms with van der Waals surface area (Å²) >= 11 is 4.10. The molecule has 0 atom stereocenters. The lowest BCUT2D eigenvalue weighted by atomic mass is 10.4. The maximum absolute atomic E-state index is 5.42. The van der Waals surface area contributed by atoms with E-state index in [4.69, 9.17) is 17.7 Å². The number of rotatable bonds is 8. The second-order valence-corrected chi connectivity index (χ2v) is 5.35. The minimum atomic E-state index is -2.79. The molecule has 0 aromatic carbocycles. The van der Waals surface area contributed by atoms with Gasteiger partial charge in [-0.2, -0.15) is 12.6 Å². The van der Waals surface area contributed by atoms with Crippen molar-refractivity contribution in [2.75, 3.05) is 33.7 Å². The summed E-state index contributed by atoms with van der Waals surface area (Å²) in [6.07, 6.45) is 1.96. The fraction of sp³-hybridized carbons (Fsp3) is 1.00. The summed E-state index contributed by atoms with van der Waals surface area (Å²) < 4.78 is 20.6. The van der Waals surface area contributed by atoms with Gasteiger partial charge in [0, 0.05) is 27.9 Å². The van der Waals surface area contributed by atoms with E-state index in [0.717, 1.165) is 18.6 Å². The van der Waals surface area contributed by atoms with Gasteiger partial charge in [0.1, 0.15) is 0 Å². The average molecular weight is 226 g/mol. The molecule has 0 N–H and O–H groups in total. The summed E-state index contributed by atoms with van der Waals surface area (Å²) in [5.74, 6) is 0.866. The third-order valence-corrected chi connectivity index (χ3v) is 3.96. The Morgan fingerprint density at radius 1 is 1.00 bits per heavy atom. The van der Waals surface area contributed by atoms with Crippen molar-refractivity contribution in [3.63, 3.8) is 0 Å². The van der Waals surface area contributed by atoms with Crippen LogP contribution in [0, 0.1) is 0 Å². The van der Waals surface area contributed by atoms with Gasteiger partial charge < -0.3 is 17.7 Å². The molecule has 0 aliphatic heterocycles. The van der Waals surface area contributed by atoms with Gasteiger partial charge in [-0.1, -0.05) is 0 Å². The summed E-state index contributed by atoms with van der Waals surface area (Å²) in [5, 5.41) is 0. The quantitative estimate of drug-likeness (QED) is 0.382. The minimum absolute atomic E-state index is 0.586. The van der Waals surface area contributed by atoms with Crippen molar-refractivity contribution in [3.8, 4) is 0 Å². The van der Waals surface area contributed by atoms with Crippen molar-refractivity contribution in [3.05, 3.63) is 0 Å². The molecule has 0 bridgehead atoms. The molecule has 13 heavy (non-hydrogen) atoms.